The Morgan fingerprint density at radius 3 is 2.85 bits per heavy atom. The van der Waals surface area contributed by atoms with E-state index in [1.165, 1.54) is 7.11 Å². The van der Waals surface area contributed by atoms with Crippen molar-refractivity contribution in [3.8, 4) is 11.5 Å². The van der Waals surface area contributed by atoms with E-state index in [9.17, 15) is 13.5 Å². The maximum Gasteiger partial charge on any atom is 0.171 e. The fourth-order valence-electron chi connectivity index (χ4n) is 4.46. The molecule has 0 radical (unpaired) electrons. The topological polar surface area (TPSA) is 94.9 Å². The van der Waals surface area contributed by atoms with Crippen LogP contribution in [0.5, 0.6) is 11.5 Å². The van der Waals surface area contributed by atoms with Gasteiger partial charge in [-0.25, -0.2) is 8.42 Å². The number of hydrogen-bond acceptors (Lipinski definition) is 7. The number of aromatic nitrogens is 1. The Hall–Kier alpha value is -1.95. The summed E-state index contributed by atoms with van der Waals surface area (Å²) >= 11 is 2.07. The van der Waals surface area contributed by atoms with E-state index in [0.29, 0.717) is 28.8 Å². The van der Waals surface area contributed by atoms with Gasteiger partial charge in [-0.3, -0.25) is 4.98 Å². The van der Waals surface area contributed by atoms with Crippen molar-refractivity contribution in [2.24, 2.45) is 0 Å². The molecule has 4 rings (SSSR count). The van der Waals surface area contributed by atoms with Crippen molar-refractivity contribution in [2.45, 2.75) is 24.2 Å². The Morgan fingerprint density at radius 2 is 2.15 bits per heavy atom. The van der Waals surface area contributed by atoms with Crippen molar-refractivity contribution in [2.75, 3.05) is 33.2 Å². The number of pyridine rings is 1. The summed E-state index contributed by atoms with van der Waals surface area (Å²) in [5.74, 6) is 0.566. The molecule has 9 heteroatoms. The number of sulfone groups is 1. The molecule has 0 aliphatic carbocycles. The average Bonchev–Trinajstić information content (AvgIpc) is 3.34. The van der Waals surface area contributed by atoms with Crippen molar-refractivity contribution in [3.63, 3.8) is 0 Å². The Balaban J connectivity index is 1.64. The second-order valence-corrected chi connectivity index (χ2v) is 11.4. The summed E-state index contributed by atoms with van der Waals surface area (Å²) < 4.78 is 42.3. The van der Waals surface area contributed by atoms with Crippen LogP contribution in [0.1, 0.15) is 24.1 Å². The summed E-state index contributed by atoms with van der Waals surface area (Å²) in [6.45, 7) is 0.505. The van der Waals surface area contributed by atoms with Gasteiger partial charge >= 0.3 is 0 Å². The van der Waals surface area contributed by atoms with Gasteiger partial charge in [0.25, 0.3) is 0 Å². The van der Waals surface area contributed by atoms with E-state index in [1.54, 1.807) is 19.4 Å². The minimum atomic E-state index is -3.23. The summed E-state index contributed by atoms with van der Waals surface area (Å²) in [6, 6.07) is 9.41. The molecule has 2 aliphatic rings. The monoisotopic (exact) mass is 583 g/mol. The zero-order valence-corrected chi connectivity index (χ0v) is 21.4. The number of fused-ring (bicyclic) bond motifs is 1. The van der Waals surface area contributed by atoms with E-state index in [1.807, 2.05) is 30.3 Å². The first-order chi connectivity index (χ1) is 15.8. The van der Waals surface area contributed by atoms with E-state index >= 15 is 0 Å². The summed E-state index contributed by atoms with van der Waals surface area (Å²) in [5.41, 5.74) is 4.40. The number of phenols is 1. The molecule has 1 aromatic heterocycles. The van der Waals surface area contributed by atoms with Gasteiger partial charge in [0, 0.05) is 13.3 Å². The molecule has 176 valence electrons. The summed E-state index contributed by atoms with van der Waals surface area (Å²) in [6.07, 6.45) is 4.77. The maximum atomic E-state index is 12.6. The minimum Gasteiger partial charge on any atom is -0.504 e. The number of methoxy groups -OCH3 is 2. The van der Waals surface area contributed by atoms with Gasteiger partial charge in [0.05, 0.1) is 41.4 Å². The molecular formula is C24H26INO6S. The van der Waals surface area contributed by atoms with Crippen LogP contribution in [-0.4, -0.2) is 63.0 Å². The third-order valence-electron chi connectivity index (χ3n) is 5.96. The first-order valence-corrected chi connectivity index (χ1v) is 13.4. The number of phenolic OH excluding ortho intramolecular Hbond substituents is 1. The number of hydrogen-bond donors (Lipinski definition) is 1. The van der Waals surface area contributed by atoms with Crippen molar-refractivity contribution in [1.82, 2.24) is 4.98 Å². The fourth-order valence-corrected chi connectivity index (χ4v) is 7.01. The van der Waals surface area contributed by atoms with Crippen molar-refractivity contribution in [3.05, 3.63) is 62.5 Å². The molecule has 2 atom stereocenters. The van der Waals surface area contributed by atoms with Crippen LogP contribution in [0.4, 0.5) is 0 Å². The third kappa shape index (κ3) is 5.11. The van der Waals surface area contributed by atoms with Gasteiger partial charge in [-0.2, -0.15) is 0 Å². The van der Waals surface area contributed by atoms with Gasteiger partial charge in [-0.15, -0.1) is 0 Å². The lowest BCUT2D eigenvalue weighted by atomic mass is 9.95. The SMILES string of the molecule is COCC1=C2[C@@H](CC/C(=C/c3cc(I)c(O)c(OC)c3)c3ccccn3)OC[C@@H]2S(=O)(=O)C1. The van der Waals surface area contributed by atoms with Crippen LogP contribution < -0.4 is 4.74 Å². The van der Waals surface area contributed by atoms with Crippen LogP contribution >= 0.6 is 22.6 Å². The lowest BCUT2D eigenvalue weighted by molar-refractivity contribution is 0.118. The van der Waals surface area contributed by atoms with Gasteiger partial charge < -0.3 is 19.3 Å². The number of halogens is 1. The molecular weight excluding hydrogens is 557 g/mol. The second kappa shape index (κ2) is 10.1. The number of ether oxygens (including phenoxy) is 3. The van der Waals surface area contributed by atoms with E-state index in [0.717, 1.165) is 28.0 Å². The Morgan fingerprint density at radius 1 is 1.33 bits per heavy atom. The molecule has 7 nitrogen and oxygen atoms in total. The number of nitrogens with zero attached hydrogens (tertiary/aromatic N) is 1. The molecule has 1 N–H and O–H groups in total. The molecule has 3 heterocycles. The Bertz CT molecular complexity index is 1190. The molecule has 2 aromatic rings. The predicted molar refractivity (Wildman–Crippen MR) is 135 cm³/mol. The van der Waals surface area contributed by atoms with Crippen LogP contribution in [0.25, 0.3) is 11.6 Å². The number of allylic oxidation sites excluding steroid dienone is 1. The molecule has 0 bridgehead atoms. The zero-order valence-electron chi connectivity index (χ0n) is 18.5. The normalized spacial score (nSPS) is 22.0. The van der Waals surface area contributed by atoms with Crippen molar-refractivity contribution < 1.29 is 27.7 Å². The van der Waals surface area contributed by atoms with Crippen LogP contribution in [-0.2, 0) is 19.3 Å². The standard InChI is InChI=1S/C24H26INO6S/c1-30-12-17-14-33(28,29)22-13-32-20(23(17)22)7-6-16(19-5-3-4-8-26-19)9-15-10-18(25)24(27)21(11-15)31-2/h3-5,8-11,20,22,27H,6-7,12-14H2,1-2H3/b16-9-/t20-,22+/m1/s1. The average molecular weight is 583 g/mol. The highest BCUT2D eigenvalue weighted by molar-refractivity contribution is 14.1. The number of benzene rings is 1. The molecule has 0 unspecified atom stereocenters. The minimum absolute atomic E-state index is 0.0510. The highest BCUT2D eigenvalue weighted by Crippen LogP contribution is 2.39. The van der Waals surface area contributed by atoms with Gasteiger partial charge in [-0.1, -0.05) is 6.07 Å². The Labute approximate surface area is 207 Å². The summed E-state index contributed by atoms with van der Waals surface area (Å²) in [7, 11) is -0.131. The third-order valence-corrected chi connectivity index (χ3v) is 8.79. The smallest absolute Gasteiger partial charge is 0.171 e. The van der Waals surface area contributed by atoms with Crippen LogP contribution in [0.15, 0.2) is 47.7 Å². The molecule has 2 aliphatic heterocycles. The van der Waals surface area contributed by atoms with E-state index in [2.05, 4.69) is 27.6 Å². The Kier molecular flexibility index (Phi) is 7.42. The number of aromatic hydroxyl groups is 1. The highest BCUT2D eigenvalue weighted by atomic mass is 127. The first-order valence-electron chi connectivity index (χ1n) is 10.6. The molecule has 0 saturated carbocycles. The lowest BCUT2D eigenvalue weighted by Crippen LogP contribution is -2.19. The maximum absolute atomic E-state index is 12.6. The van der Waals surface area contributed by atoms with Gasteiger partial charge in [0.1, 0.15) is 5.25 Å². The fraction of sp³-hybridized carbons (Fsp3) is 0.375. The van der Waals surface area contributed by atoms with Crippen LogP contribution in [0.3, 0.4) is 0 Å². The van der Waals surface area contributed by atoms with Crippen LogP contribution in [0.2, 0.25) is 0 Å². The molecule has 1 fully saturated rings. The summed E-state index contributed by atoms with van der Waals surface area (Å²) in [4.78, 5) is 4.52. The molecule has 0 amide bonds. The molecule has 1 saturated heterocycles. The van der Waals surface area contributed by atoms with E-state index < -0.39 is 15.1 Å². The quantitative estimate of drug-likeness (QED) is 0.373. The van der Waals surface area contributed by atoms with Crippen molar-refractivity contribution >= 4 is 44.1 Å². The molecule has 1 aromatic carbocycles. The second-order valence-electron chi connectivity index (χ2n) is 8.09. The van der Waals surface area contributed by atoms with Gasteiger partial charge in [-0.05, 0) is 88.1 Å². The molecule has 0 spiro atoms. The largest absolute Gasteiger partial charge is 0.504 e. The highest BCUT2D eigenvalue weighted by Gasteiger charge is 2.46. The molecule has 33 heavy (non-hydrogen) atoms. The van der Waals surface area contributed by atoms with E-state index in [-0.39, 0.29) is 24.2 Å². The predicted octanol–water partition coefficient (Wildman–Crippen LogP) is 3.86. The van der Waals surface area contributed by atoms with E-state index in [4.69, 9.17) is 14.2 Å². The van der Waals surface area contributed by atoms with Gasteiger partial charge in [0.15, 0.2) is 21.3 Å². The van der Waals surface area contributed by atoms with Gasteiger partial charge in [0.2, 0.25) is 0 Å². The summed E-state index contributed by atoms with van der Waals surface area (Å²) in [5, 5.41) is 9.61. The van der Waals surface area contributed by atoms with Crippen molar-refractivity contribution in [1.29, 1.82) is 0 Å². The number of rotatable bonds is 8. The lowest BCUT2D eigenvalue weighted by Gasteiger charge is -2.15. The first kappa shape index (κ1) is 24.2. The zero-order chi connectivity index (χ0) is 23.6. The van der Waals surface area contributed by atoms with Crippen LogP contribution in [0, 0.1) is 3.57 Å².